The zero-order valence-corrected chi connectivity index (χ0v) is 15.4. The molecule has 1 amide bonds. The summed E-state index contributed by atoms with van der Waals surface area (Å²) in [6.07, 6.45) is 2.14. The number of anilines is 1. The van der Waals surface area contributed by atoms with Gasteiger partial charge in [0.05, 0.1) is 0 Å². The number of likely N-dealkylation sites (N-methyl/N-ethyl adjacent to an activating group) is 1. The van der Waals surface area contributed by atoms with E-state index in [1.807, 2.05) is 13.0 Å². The molecule has 134 valence electrons. The van der Waals surface area contributed by atoms with E-state index in [-0.39, 0.29) is 12.5 Å². The molecule has 0 aliphatic rings. The van der Waals surface area contributed by atoms with Crippen molar-refractivity contribution >= 4 is 17.6 Å². The Kier molecular flexibility index (Phi) is 9.34. The zero-order valence-electron chi connectivity index (χ0n) is 15.4. The van der Waals surface area contributed by atoms with Gasteiger partial charge in [0.25, 0.3) is 0 Å². The number of rotatable bonds is 9. The van der Waals surface area contributed by atoms with Gasteiger partial charge in [0.2, 0.25) is 5.91 Å². The van der Waals surface area contributed by atoms with E-state index in [0.29, 0.717) is 5.96 Å². The van der Waals surface area contributed by atoms with Crippen molar-refractivity contribution in [1.82, 2.24) is 15.5 Å². The van der Waals surface area contributed by atoms with E-state index in [9.17, 15) is 4.79 Å². The van der Waals surface area contributed by atoms with E-state index in [1.54, 1.807) is 19.0 Å². The van der Waals surface area contributed by atoms with Crippen molar-refractivity contribution in [2.24, 2.45) is 4.99 Å². The summed E-state index contributed by atoms with van der Waals surface area (Å²) in [7, 11) is 5.59. The van der Waals surface area contributed by atoms with E-state index in [0.717, 1.165) is 32.5 Å². The number of hydrogen-bond donors (Lipinski definition) is 2. The minimum atomic E-state index is -0.00307. The number of carbonyl (C=O) groups excluding carboxylic acids is 1. The molecule has 0 unspecified atom stereocenters. The monoisotopic (exact) mass is 333 g/mol. The van der Waals surface area contributed by atoms with Gasteiger partial charge in [-0.15, -0.1) is 0 Å². The predicted molar refractivity (Wildman–Crippen MR) is 102 cm³/mol. The quantitative estimate of drug-likeness (QED) is 0.409. The fourth-order valence-corrected chi connectivity index (χ4v) is 2.12. The third-order valence-electron chi connectivity index (χ3n) is 3.63. The Morgan fingerprint density at radius 2 is 1.79 bits per heavy atom. The highest BCUT2D eigenvalue weighted by Gasteiger charge is 2.04. The minimum Gasteiger partial charge on any atom is -0.375 e. The smallest absolute Gasteiger partial charge is 0.243 e. The number of nitrogens with one attached hydrogen (secondary N) is 2. The molecule has 0 heterocycles. The molecule has 0 atom stereocenters. The minimum absolute atomic E-state index is 0.00307. The average Bonchev–Trinajstić information content (AvgIpc) is 2.59. The van der Waals surface area contributed by atoms with Gasteiger partial charge >= 0.3 is 0 Å². The molecule has 0 aliphatic carbocycles. The fraction of sp³-hybridized carbons (Fsp3) is 0.556. The lowest BCUT2D eigenvalue weighted by atomic mass is 10.2. The van der Waals surface area contributed by atoms with Crippen molar-refractivity contribution in [2.75, 3.05) is 52.2 Å². The molecule has 0 bridgehead atoms. The molecule has 6 nitrogen and oxygen atoms in total. The summed E-state index contributed by atoms with van der Waals surface area (Å²) in [6, 6.07) is 10.4. The zero-order chi connectivity index (χ0) is 17.8. The van der Waals surface area contributed by atoms with Crippen LogP contribution < -0.4 is 15.5 Å². The second-order valence-electron chi connectivity index (χ2n) is 5.87. The van der Waals surface area contributed by atoms with E-state index in [2.05, 4.69) is 51.8 Å². The first-order chi connectivity index (χ1) is 11.5. The second-order valence-corrected chi connectivity index (χ2v) is 5.87. The van der Waals surface area contributed by atoms with Crippen LogP contribution in [-0.4, -0.2) is 64.1 Å². The number of unbranched alkanes of at least 4 members (excludes halogenated alkanes) is 1. The molecule has 0 radical (unpaired) electrons. The maximum absolute atomic E-state index is 11.6. The normalized spacial score (nSPS) is 11.1. The summed E-state index contributed by atoms with van der Waals surface area (Å²) in [6.45, 7) is 4.81. The van der Waals surface area contributed by atoms with Crippen LogP contribution in [0.2, 0.25) is 0 Å². The Labute approximate surface area is 145 Å². The van der Waals surface area contributed by atoms with E-state index in [4.69, 9.17) is 0 Å². The summed E-state index contributed by atoms with van der Waals surface area (Å²) in [5.41, 5.74) is 1.24. The van der Waals surface area contributed by atoms with Crippen LogP contribution in [0.5, 0.6) is 0 Å². The first-order valence-corrected chi connectivity index (χ1v) is 8.53. The summed E-state index contributed by atoms with van der Waals surface area (Å²) in [5.74, 6) is 0.695. The van der Waals surface area contributed by atoms with Crippen molar-refractivity contribution in [2.45, 2.75) is 19.8 Å². The van der Waals surface area contributed by atoms with Crippen LogP contribution in [0.1, 0.15) is 19.8 Å². The molecular weight excluding hydrogens is 302 g/mol. The largest absolute Gasteiger partial charge is 0.375 e. The SMILES string of the molecule is CCNC(=NCC(=O)N(C)C)NCCCCN(C)c1ccccc1. The van der Waals surface area contributed by atoms with Crippen molar-refractivity contribution in [3.63, 3.8) is 0 Å². The highest BCUT2D eigenvalue weighted by molar-refractivity contribution is 5.84. The van der Waals surface area contributed by atoms with Crippen LogP contribution in [0.25, 0.3) is 0 Å². The molecule has 0 saturated carbocycles. The van der Waals surface area contributed by atoms with E-state index in [1.165, 1.54) is 5.69 Å². The van der Waals surface area contributed by atoms with Gasteiger partial charge in [-0.3, -0.25) is 4.79 Å². The lowest BCUT2D eigenvalue weighted by Crippen LogP contribution is -2.39. The van der Waals surface area contributed by atoms with Gasteiger partial charge in [0, 0.05) is 46.5 Å². The van der Waals surface area contributed by atoms with Crippen molar-refractivity contribution < 1.29 is 4.79 Å². The van der Waals surface area contributed by atoms with Gasteiger partial charge in [-0.2, -0.15) is 0 Å². The standard InChI is InChI=1S/C18H31N5O/c1-5-19-18(21-15-17(24)22(2)3)20-13-9-10-14-23(4)16-11-7-6-8-12-16/h6-8,11-12H,5,9-10,13-15H2,1-4H3,(H2,19,20,21). The Hall–Kier alpha value is -2.24. The Bertz CT molecular complexity index is 501. The van der Waals surface area contributed by atoms with Crippen LogP contribution in [0.15, 0.2) is 35.3 Å². The number of guanidine groups is 1. The molecule has 0 aromatic heterocycles. The van der Waals surface area contributed by atoms with Gasteiger partial charge in [-0.25, -0.2) is 4.99 Å². The summed E-state index contributed by atoms with van der Waals surface area (Å²) in [5, 5.41) is 6.44. The van der Waals surface area contributed by atoms with Crippen LogP contribution in [0.4, 0.5) is 5.69 Å². The Morgan fingerprint density at radius 3 is 2.42 bits per heavy atom. The third-order valence-corrected chi connectivity index (χ3v) is 3.63. The summed E-state index contributed by atoms with van der Waals surface area (Å²) < 4.78 is 0. The van der Waals surface area contributed by atoms with Crippen LogP contribution in [-0.2, 0) is 4.79 Å². The lowest BCUT2D eigenvalue weighted by molar-refractivity contribution is -0.127. The molecule has 1 aromatic carbocycles. The van der Waals surface area contributed by atoms with Gasteiger partial charge in [0.15, 0.2) is 5.96 Å². The lowest BCUT2D eigenvalue weighted by Gasteiger charge is -2.19. The molecule has 0 aliphatic heterocycles. The number of benzene rings is 1. The molecular formula is C18H31N5O. The van der Waals surface area contributed by atoms with Crippen LogP contribution in [0.3, 0.4) is 0 Å². The average molecular weight is 333 g/mol. The maximum atomic E-state index is 11.6. The number of carbonyl (C=O) groups is 1. The van der Waals surface area contributed by atoms with Crippen molar-refractivity contribution in [3.8, 4) is 0 Å². The molecule has 0 spiro atoms. The van der Waals surface area contributed by atoms with Gasteiger partial charge in [-0.1, -0.05) is 18.2 Å². The Balaban J connectivity index is 2.27. The van der Waals surface area contributed by atoms with Gasteiger partial charge in [-0.05, 0) is 31.9 Å². The maximum Gasteiger partial charge on any atom is 0.243 e. The van der Waals surface area contributed by atoms with E-state index < -0.39 is 0 Å². The number of hydrogen-bond acceptors (Lipinski definition) is 3. The summed E-state index contributed by atoms with van der Waals surface area (Å²) >= 11 is 0. The van der Waals surface area contributed by atoms with E-state index >= 15 is 0 Å². The molecule has 0 fully saturated rings. The molecule has 24 heavy (non-hydrogen) atoms. The van der Waals surface area contributed by atoms with Crippen molar-refractivity contribution in [1.29, 1.82) is 0 Å². The first-order valence-electron chi connectivity index (χ1n) is 8.53. The highest BCUT2D eigenvalue weighted by atomic mass is 16.2. The fourth-order valence-electron chi connectivity index (χ4n) is 2.12. The highest BCUT2D eigenvalue weighted by Crippen LogP contribution is 2.11. The first kappa shape index (κ1) is 19.8. The number of aliphatic imine (C=N–C) groups is 1. The van der Waals surface area contributed by atoms with Gasteiger partial charge in [0.1, 0.15) is 6.54 Å². The molecule has 1 rings (SSSR count). The molecule has 0 saturated heterocycles. The van der Waals surface area contributed by atoms with Gasteiger partial charge < -0.3 is 20.4 Å². The van der Waals surface area contributed by atoms with Crippen molar-refractivity contribution in [3.05, 3.63) is 30.3 Å². The molecule has 1 aromatic rings. The van der Waals surface area contributed by atoms with Crippen LogP contribution >= 0.6 is 0 Å². The third kappa shape index (κ3) is 7.85. The molecule has 2 N–H and O–H groups in total. The second kappa shape index (κ2) is 11.3. The number of para-hydroxylation sites is 1. The molecule has 6 heteroatoms. The number of nitrogens with zero attached hydrogens (tertiary/aromatic N) is 3. The van der Waals surface area contributed by atoms with Crippen LogP contribution in [0, 0.1) is 0 Å². The topological polar surface area (TPSA) is 60.0 Å². The summed E-state index contributed by atoms with van der Waals surface area (Å²) in [4.78, 5) is 19.7. The predicted octanol–water partition coefficient (Wildman–Crippen LogP) is 1.55. The Morgan fingerprint density at radius 1 is 1.08 bits per heavy atom. The number of amides is 1.